The van der Waals surface area contributed by atoms with Crippen LogP contribution in [0.3, 0.4) is 0 Å². The normalized spacial score (nSPS) is 12.0. The number of nitrogens with zero attached hydrogens (tertiary/aromatic N) is 1. The molecule has 1 aromatic heterocycles. The van der Waals surface area contributed by atoms with E-state index in [-0.39, 0.29) is 11.9 Å². The smallest absolute Gasteiger partial charge is 0.212 e. The summed E-state index contributed by atoms with van der Waals surface area (Å²) in [4.78, 5) is 4.15. The summed E-state index contributed by atoms with van der Waals surface area (Å²) in [6.45, 7) is 0.392. The number of methoxy groups -OCH3 is 1. The van der Waals surface area contributed by atoms with Crippen molar-refractivity contribution in [2.45, 2.75) is 6.04 Å². The fourth-order valence-electron chi connectivity index (χ4n) is 1.78. The van der Waals surface area contributed by atoms with E-state index in [0.29, 0.717) is 16.9 Å². The zero-order chi connectivity index (χ0) is 14.5. The fourth-order valence-corrected chi connectivity index (χ4v) is 2.16. The quantitative estimate of drug-likeness (QED) is 0.878. The van der Waals surface area contributed by atoms with Gasteiger partial charge in [-0.15, -0.1) is 0 Å². The van der Waals surface area contributed by atoms with Crippen molar-refractivity contribution in [2.75, 3.05) is 19.0 Å². The molecule has 0 radical (unpaired) electrons. The van der Waals surface area contributed by atoms with Crippen molar-refractivity contribution in [3.05, 3.63) is 52.4 Å². The maximum absolute atomic E-state index is 13.2. The topological polar surface area (TPSA) is 60.2 Å². The van der Waals surface area contributed by atoms with E-state index in [1.54, 1.807) is 31.5 Å². The Bertz CT molecular complexity index is 577. The lowest BCUT2D eigenvalue weighted by Crippen LogP contribution is -2.20. The standard InChI is InChI=1S/C14H15BrFN3O/c1-20-14-5-2-9(8-18-14)13(7-17)19-10-3-4-12(16)11(15)6-10/h2-6,8,13,19H,7,17H2,1H3. The van der Waals surface area contributed by atoms with E-state index < -0.39 is 0 Å². The third-order valence-corrected chi connectivity index (χ3v) is 3.47. The number of halogens is 2. The van der Waals surface area contributed by atoms with Crippen LogP contribution in [0.5, 0.6) is 5.88 Å². The molecule has 0 fully saturated rings. The highest BCUT2D eigenvalue weighted by Gasteiger charge is 2.11. The van der Waals surface area contributed by atoms with Crippen LogP contribution in [-0.4, -0.2) is 18.6 Å². The lowest BCUT2D eigenvalue weighted by molar-refractivity contribution is 0.397. The number of anilines is 1. The second-order valence-corrected chi connectivity index (χ2v) is 5.05. The van der Waals surface area contributed by atoms with Gasteiger partial charge in [0.05, 0.1) is 17.6 Å². The van der Waals surface area contributed by atoms with Crippen molar-refractivity contribution < 1.29 is 9.13 Å². The number of nitrogens with two attached hydrogens (primary N) is 1. The molecule has 0 bridgehead atoms. The van der Waals surface area contributed by atoms with E-state index in [0.717, 1.165) is 11.3 Å². The van der Waals surface area contributed by atoms with Gasteiger partial charge in [0.1, 0.15) is 5.82 Å². The molecule has 0 aliphatic rings. The van der Waals surface area contributed by atoms with Gasteiger partial charge in [0.25, 0.3) is 0 Å². The number of hydrogen-bond acceptors (Lipinski definition) is 4. The number of pyridine rings is 1. The summed E-state index contributed by atoms with van der Waals surface area (Å²) in [5, 5.41) is 3.25. The molecule has 0 aliphatic carbocycles. The summed E-state index contributed by atoms with van der Waals surface area (Å²) in [5.41, 5.74) is 7.50. The van der Waals surface area contributed by atoms with Crippen molar-refractivity contribution in [1.82, 2.24) is 4.98 Å². The first-order valence-corrected chi connectivity index (χ1v) is 6.85. The predicted molar refractivity (Wildman–Crippen MR) is 80.3 cm³/mol. The molecule has 0 aliphatic heterocycles. The molecule has 2 rings (SSSR count). The zero-order valence-corrected chi connectivity index (χ0v) is 12.5. The van der Waals surface area contributed by atoms with Gasteiger partial charge in [-0.1, -0.05) is 6.07 Å². The molecule has 0 spiro atoms. The van der Waals surface area contributed by atoms with Crippen LogP contribution < -0.4 is 15.8 Å². The van der Waals surface area contributed by atoms with Gasteiger partial charge >= 0.3 is 0 Å². The summed E-state index contributed by atoms with van der Waals surface area (Å²) >= 11 is 3.16. The Labute approximate surface area is 125 Å². The molecule has 20 heavy (non-hydrogen) atoms. The van der Waals surface area contributed by atoms with Gasteiger partial charge in [-0.3, -0.25) is 0 Å². The minimum absolute atomic E-state index is 0.106. The van der Waals surface area contributed by atoms with E-state index in [1.165, 1.54) is 6.07 Å². The number of ether oxygens (including phenoxy) is 1. The second kappa shape index (κ2) is 6.67. The van der Waals surface area contributed by atoms with Gasteiger partial charge in [-0.2, -0.15) is 0 Å². The van der Waals surface area contributed by atoms with Gasteiger partial charge in [0.2, 0.25) is 5.88 Å². The first-order chi connectivity index (χ1) is 9.63. The second-order valence-electron chi connectivity index (χ2n) is 4.20. The number of hydrogen-bond donors (Lipinski definition) is 2. The lowest BCUT2D eigenvalue weighted by Gasteiger charge is -2.18. The Morgan fingerprint density at radius 2 is 2.20 bits per heavy atom. The summed E-state index contributed by atoms with van der Waals surface area (Å²) < 4.78 is 18.6. The Morgan fingerprint density at radius 1 is 1.40 bits per heavy atom. The van der Waals surface area contributed by atoms with E-state index in [1.807, 2.05) is 6.07 Å². The molecule has 0 saturated heterocycles. The van der Waals surface area contributed by atoms with E-state index in [2.05, 4.69) is 26.2 Å². The molecular formula is C14H15BrFN3O. The maximum Gasteiger partial charge on any atom is 0.212 e. The van der Waals surface area contributed by atoms with Crippen LogP contribution in [-0.2, 0) is 0 Å². The Kier molecular flexibility index (Phi) is 4.92. The van der Waals surface area contributed by atoms with Gasteiger partial charge in [-0.25, -0.2) is 9.37 Å². The van der Waals surface area contributed by atoms with Gasteiger partial charge < -0.3 is 15.8 Å². The Morgan fingerprint density at radius 3 is 2.75 bits per heavy atom. The highest BCUT2D eigenvalue weighted by molar-refractivity contribution is 9.10. The predicted octanol–water partition coefficient (Wildman–Crippen LogP) is 3.10. The van der Waals surface area contributed by atoms with Crippen molar-refractivity contribution in [1.29, 1.82) is 0 Å². The highest BCUT2D eigenvalue weighted by atomic mass is 79.9. The average Bonchev–Trinajstić information content (AvgIpc) is 2.48. The summed E-state index contributed by atoms with van der Waals surface area (Å²) in [6, 6.07) is 8.31. The van der Waals surface area contributed by atoms with E-state index >= 15 is 0 Å². The number of aromatic nitrogens is 1. The minimum Gasteiger partial charge on any atom is -0.481 e. The van der Waals surface area contributed by atoms with Crippen LogP contribution in [0.15, 0.2) is 41.0 Å². The molecule has 1 unspecified atom stereocenters. The monoisotopic (exact) mass is 339 g/mol. The number of rotatable bonds is 5. The molecule has 0 amide bonds. The van der Waals surface area contributed by atoms with Crippen LogP contribution in [0.1, 0.15) is 11.6 Å². The molecule has 1 heterocycles. The van der Waals surface area contributed by atoms with E-state index in [4.69, 9.17) is 10.5 Å². The molecular weight excluding hydrogens is 325 g/mol. The SMILES string of the molecule is COc1ccc(C(CN)Nc2ccc(F)c(Br)c2)cn1. The van der Waals surface area contributed by atoms with Crippen LogP contribution in [0, 0.1) is 5.82 Å². The van der Waals surface area contributed by atoms with Crippen LogP contribution >= 0.6 is 15.9 Å². The number of nitrogens with one attached hydrogen (secondary N) is 1. The van der Waals surface area contributed by atoms with Gasteiger partial charge in [0.15, 0.2) is 0 Å². The molecule has 3 N–H and O–H groups in total. The van der Waals surface area contributed by atoms with Crippen LogP contribution in [0.2, 0.25) is 0 Å². The molecule has 4 nitrogen and oxygen atoms in total. The third-order valence-electron chi connectivity index (χ3n) is 2.87. The molecule has 1 aromatic carbocycles. The highest BCUT2D eigenvalue weighted by Crippen LogP contribution is 2.24. The fraction of sp³-hybridized carbons (Fsp3) is 0.214. The van der Waals surface area contributed by atoms with E-state index in [9.17, 15) is 4.39 Å². The largest absolute Gasteiger partial charge is 0.481 e. The summed E-state index contributed by atoms with van der Waals surface area (Å²) in [7, 11) is 1.57. The van der Waals surface area contributed by atoms with Crippen LogP contribution in [0.25, 0.3) is 0 Å². The van der Waals surface area contributed by atoms with Crippen LogP contribution in [0.4, 0.5) is 10.1 Å². The van der Waals surface area contributed by atoms with Crippen molar-refractivity contribution in [3.8, 4) is 5.88 Å². The molecule has 106 valence electrons. The van der Waals surface area contributed by atoms with Crippen molar-refractivity contribution in [3.63, 3.8) is 0 Å². The maximum atomic E-state index is 13.2. The third kappa shape index (κ3) is 3.46. The Hall–Kier alpha value is -1.66. The van der Waals surface area contributed by atoms with Crippen molar-refractivity contribution >= 4 is 21.6 Å². The lowest BCUT2D eigenvalue weighted by atomic mass is 10.1. The molecule has 0 saturated carbocycles. The summed E-state index contributed by atoms with van der Waals surface area (Å²) in [5.74, 6) is 0.250. The number of benzene rings is 1. The first-order valence-electron chi connectivity index (χ1n) is 6.05. The van der Waals surface area contributed by atoms with Gasteiger partial charge in [0, 0.05) is 24.5 Å². The molecule has 2 aromatic rings. The summed E-state index contributed by atoms with van der Waals surface area (Å²) in [6.07, 6.45) is 1.71. The van der Waals surface area contributed by atoms with Crippen molar-refractivity contribution in [2.24, 2.45) is 5.73 Å². The average molecular weight is 340 g/mol. The zero-order valence-electron chi connectivity index (χ0n) is 10.9. The molecule has 1 atom stereocenters. The Balaban J connectivity index is 2.16. The first kappa shape index (κ1) is 14.7. The van der Waals surface area contributed by atoms with Gasteiger partial charge in [-0.05, 0) is 39.7 Å². The molecule has 6 heteroatoms. The minimum atomic E-state index is -0.300.